The predicted molar refractivity (Wildman–Crippen MR) is 93.8 cm³/mol. The average molecular weight is 372 g/mol. The van der Waals surface area contributed by atoms with E-state index in [1.165, 1.54) is 10.5 Å². The Kier molecular flexibility index (Phi) is 5.38. The molecule has 3 rings (SSSR count). The predicted octanol–water partition coefficient (Wildman–Crippen LogP) is 1.53. The summed E-state index contributed by atoms with van der Waals surface area (Å²) >= 11 is 6.99. The van der Waals surface area contributed by atoms with Crippen LogP contribution in [0.4, 0.5) is 0 Å². The lowest BCUT2D eigenvalue weighted by molar-refractivity contribution is -0.903. The first-order valence-corrected chi connectivity index (χ1v) is 10.3. The van der Waals surface area contributed by atoms with Gasteiger partial charge in [-0.15, -0.1) is 11.3 Å². The standard InChI is InChI=1S/C16H19ClN2O2S2/c17-15-6-7-16(22-15)23(20,21)19-12-10-18(11-13-19)9-8-14-4-2-1-3-5-14/h1-7H,8-13H2/p+1. The summed E-state index contributed by atoms with van der Waals surface area (Å²) in [7, 11) is -3.38. The van der Waals surface area contributed by atoms with E-state index in [0.717, 1.165) is 37.4 Å². The topological polar surface area (TPSA) is 41.8 Å². The second-order valence-corrected chi connectivity index (χ2v) is 9.58. The third-order valence-corrected chi connectivity index (χ3v) is 7.78. The second-order valence-electron chi connectivity index (χ2n) is 5.70. The number of hydrogen-bond acceptors (Lipinski definition) is 3. The zero-order chi connectivity index (χ0) is 16.3. The highest BCUT2D eigenvalue weighted by Crippen LogP contribution is 2.27. The van der Waals surface area contributed by atoms with Crippen molar-refractivity contribution < 1.29 is 13.3 Å². The average Bonchev–Trinajstić information content (AvgIpc) is 3.02. The molecule has 1 N–H and O–H groups in total. The molecule has 0 amide bonds. The maximum atomic E-state index is 12.6. The van der Waals surface area contributed by atoms with E-state index >= 15 is 0 Å². The summed E-state index contributed by atoms with van der Waals surface area (Å²) in [5.41, 5.74) is 1.34. The molecule has 0 radical (unpaired) electrons. The van der Waals surface area contributed by atoms with Crippen molar-refractivity contribution in [2.45, 2.75) is 10.6 Å². The van der Waals surface area contributed by atoms with Crippen molar-refractivity contribution in [3.63, 3.8) is 0 Å². The van der Waals surface area contributed by atoms with Gasteiger partial charge in [0.25, 0.3) is 10.0 Å². The van der Waals surface area contributed by atoms with Crippen molar-refractivity contribution in [3.8, 4) is 0 Å². The Hall–Kier alpha value is -0.920. The van der Waals surface area contributed by atoms with Crippen LogP contribution in [0.15, 0.2) is 46.7 Å². The first kappa shape index (κ1) is 16.9. The van der Waals surface area contributed by atoms with Crippen LogP contribution in [0.2, 0.25) is 4.34 Å². The Bertz CT molecular complexity index is 738. The molecule has 0 spiro atoms. The fourth-order valence-corrected chi connectivity index (χ4v) is 5.90. The lowest BCUT2D eigenvalue weighted by Gasteiger charge is -2.31. The van der Waals surface area contributed by atoms with Crippen molar-refractivity contribution in [1.82, 2.24) is 4.31 Å². The lowest BCUT2D eigenvalue weighted by Crippen LogP contribution is -3.15. The highest BCUT2D eigenvalue weighted by Gasteiger charge is 2.31. The zero-order valence-electron chi connectivity index (χ0n) is 12.7. The van der Waals surface area contributed by atoms with Crippen LogP contribution < -0.4 is 4.90 Å². The molecule has 0 atom stereocenters. The summed E-state index contributed by atoms with van der Waals surface area (Å²) in [4.78, 5) is 1.46. The normalized spacial score (nSPS) is 17.4. The summed E-state index contributed by atoms with van der Waals surface area (Å²) in [5, 5.41) is 0. The first-order valence-electron chi connectivity index (χ1n) is 7.69. The van der Waals surface area contributed by atoms with Gasteiger partial charge in [-0.3, -0.25) is 0 Å². The SMILES string of the molecule is O=S(=O)(c1ccc(Cl)s1)N1CC[NH+](CCc2ccccc2)CC1. The molecular formula is C16H20ClN2O2S2+. The maximum Gasteiger partial charge on any atom is 0.253 e. The van der Waals surface area contributed by atoms with Crippen LogP contribution in [0.5, 0.6) is 0 Å². The number of nitrogens with zero attached hydrogens (tertiary/aromatic N) is 1. The number of hydrogen-bond donors (Lipinski definition) is 1. The number of rotatable bonds is 5. The van der Waals surface area contributed by atoms with E-state index in [-0.39, 0.29) is 0 Å². The van der Waals surface area contributed by atoms with Crippen LogP contribution in [0.3, 0.4) is 0 Å². The van der Waals surface area contributed by atoms with Crippen LogP contribution in [0, 0.1) is 0 Å². The molecule has 0 aliphatic carbocycles. The van der Waals surface area contributed by atoms with E-state index < -0.39 is 10.0 Å². The molecule has 0 saturated carbocycles. The van der Waals surface area contributed by atoms with E-state index in [9.17, 15) is 8.42 Å². The largest absolute Gasteiger partial charge is 0.332 e. The maximum absolute atomic E-state index is 12.6. The Labute approximate surface area is 146 Å². The smallest absolute Gasteiger partial charge is 0.253 e. The molecule has 2 aromatic rings. The number of halogens is 1. The van der Waals surface area contributed by atoms with Gasteiger partial charge in [0.15, 0.2) is 0 Å². The number of nitrogens with one attached hydrogen (secondary N) is 1. The molecule has 1 fully saturated rings. The highest BCUT2D eigenvalue weighted by atomic mass is 35.5. The molecule has 4 nitrogen and oxygen atoms in total. The molecule has 0 unspecified atom stereocenters. The molecule has 124 valence electrons. The quantitative estimate of drug-likeness (QED) is 0.866. The number of quaternary nitrogens is 1. The summed E-state index contributed by atoms with van der Waals surface area (Å²) in [6, 6.07) is 13.7. The van der Waals surface area contributed by atoms with Gasteiger partial charge in [-0.25, -0.2) is 8.42 Å². The van der Waals surface area contributed by atoms with Crippen molar-refractivity contribution in [3.05, 3.63) is 52.4 Å². The van der Waals surface area contributed by atoms with Crippen molar-refractivity contribution in [1.29, 1.82) is 0 Å². The lowest BCUT2D eigenvalue weighted by atomic mass is 10.1. The minimum absolute atomic E-state index is 0.343. The van der Waals surface area contributed by atoms with Gasteiger partial charge in [0.05, 0.1) is 37.1 Å². The first-order chi connectivity index (χ1) is 11.1. The minimum atomic E-state index is -3.38. The molecule has 1 saturated heterocycles. The molecule has 23 heavy (non-hydrogen) atoms. The van der Waals surface area contributed by atoms with Crippen LogP contribution in [-0.4, -0.2) is 45.4 Å². The molecule has 7 heteroatoms. The summed E-state index contributed by atoms with van der Waals surface area (Å²) in [6.45, 7) is 3.89. The number of piperazine rings is 1. The highest BCUT2D eigenvalue weighted by molar-refractivity contribution is 7.91. The van der Waals surface area contributed by atoms with Gasteiger partial charge >= 0.3 is 0 Å². The van der Waals surface area contributed by atoms with Gasteiger partial charge in [-0.05, 0) is 17.7 Å². The van der Waals surface area contributed by atoms with Gasteiger partial charge in [-0.1, -0.05) is 41.9 Å². The molecular weight excluding hydrogens is 352 g/mol. The van der Waals surface area contributed by atoms with Gasteiger partial charge in [0, 0.05) is 6.42 Å². The van der Waals surface area contributed by atoms with Gasteiger partial charge < -0.3 is 4.90 Å². The molecule has 2 heterocycles. The van der Waals surface area contributed by atoms with Gasteiger partial charge in [-0.2, -0.15) is 4.31 Å². The monoisotopic (exact) mass is 371 g/mol. The third-order valence-electron chi connectivity index (χ3n) is 4.18. The Morgan fingerprint density at radius 2 is 1.78 bits per heavy atom. The fraction of sp³-hybridized carbons (Fsp3) is 0.375. The van der Waals surface area contributed by atoms with E-state index in [1.54, 1.807) is 16.4 Å². The number of benzene rings is 1. The minimum Gasteiger partial charge on any atom is -0.332 e. The van der Waals surface area contributed by atoms with E-state index in [4.69, 9.17) is 11.6 Å². The molecule has 1 aromatic heterocycles. The summed E-state index contributed by atoms with van der Waals surface area (Å²) in [5.74, 6) is 0. The second kappa shape index (κ2) is 7.32. The summed E-state index contributed by atoms with van der Waals surface area (Å²) < 4.78 is 27.5. The molecule has 1 aliphatic heterocycles. The molecule has 0 bridgehead atoms. The Balaban J connectivity index is 1.54. The molecule has 1 aromatic carbocycles. The van der Waals surface area contributed by atoms with Crippen LogP contribution in [0.1, 0.15) is 5.56 Å². The van der Waals surface area contributed by atoms with E-state index in [1.807, 2.05) is 6.07 Å². The van der Waals surface area contributed by atoms with Crippen molar-refractivity contribution in [2.24, 2.45) is 0 Å². The Morgan fingerprint density at radius 1 is 1.09 bits per heavy atom. The summed E-state index contributed by atoms with van der Waals surface area (Å²) in [6.07, 6.45) is 1.03. The van der Waals surface area contributed by atoms with Crippen molar-refractivity contribution in [2.75, 3.05) is 32.7 Å². The van der Waals surface area contributed by atoms with E-state index in [0.29, 0.717) is 21.6 Å². The van der Waals surface area contributed by atoms with Crippen LogP contribution in [-0.2, 0) is 16.4 Å². The zero-order valence-corrected chi connectivity index (χ0v) is 15.1. The van der Waals surface area contributed by atoms with E-state index in [2.05, 4.69) is 24.3 Å². The van der Waals surface area contributed by atoms with Crippen LogP contribution in [0.25, 0.3) is 0 Å². The Morgan fingerprint density at radius 3 is 2.39 bits per heavy atom. The molecule has 1 aliphatic rings. The van der Waals surface area contributed by atoms with Crippen molar-refractivity contribution >= 4 is 33.0 Å². The third kappa shape index (κ3) is 4.14. The number of sulfonamides is 1. The van der Waals surface area contributed by atoms with Gasteiger partial charge in [0.1, 0.15) is 4.21 Å². The van der Waals surface area contributed by atoms with Gasteiger partial charge in [0.2, 0.25) is 0 Å². The number of thiophene rings is 1. The van der Waals surface area contributed by atoms with Crippen LogP contribution >= 0.6 is 22.9 Å². The fourth-order valence-electron chi connectivity index (χ4n) is 2.82.